The first-order valence-electron chi connectivity index (χ1n) is 12.6. The van der Waals surface area contributed by atoms with Crippen molar-refractivity contribution in [1.29, 1.82) is 0 Å². The summed E-state index contributed by atoms with van der Waals surface area (Å²) in [6, 6.07) is 21.2. The Labute approximate surface area is 230 Å². The highest BCUT2D eigenvalue weighted by Gasteiger charge is 2.25. The summed E-state index contributed by atoms with van der Waals surface area (Å²) in [5.41, 5.74) is 3.95. The summed E-state index contributed by atoms with van der Waals surface area (Å²) in [6.45, 7) is 0.192. The van der Waals surface area contributed by atoms with Crippen LogP contribution in [0.5, 0.6) is 11.5 Å². The van der Waals surface area contributed by atoms with Crippen molar-refractivity contribution in [2.24, 2.45) is 4.99 Å². The number of aliphatic imine (C=N–C) groups is 1. The summed E-state index contributed by atoms with van der Waals surface area (Å²) in [5, 5.41) is 14.6. The second kappa shape index (κ2) is 11.9. The van der Waals surface area contributed by atoms with Gasteiger partial charge in [-0.3, -0.25) is 14.9 Å². The van der Waals surface area contributed by atoms with Crippen LogP contribution >= 0.6 is 11.3 Å². The van der Waals surface area contributed by atoms with Crippen LogP contribution in [0.3, 0.4) is 0 Å². The molecule has 1 heterocycles. The van der Waals surface area contributed by atoms with Gasteiger partial charge in [0.1, 0.15) is 11.6 Å². The van der Waals surface area contributed by atoms with Crippen molar-refractivity contribution in [2.45, 2.75) is 32.3 Å². The second-order valence-corrected chi connectivity index (χ2v) is 10.1. The van der Waals surface area contributed by atoms with Crippen LogP contribution in [0.1, 0.15) is 44.8 Å². The number of fused-ring (bicyclic) bond motifs is 1. The Bertz CT molecular complexity index is 1510. The molecule has 4 aromatic rings. The van der Waals surface area contributed by atoms with Crippen molar-refractivity contribution in [3.05, 3.63) is 110 Å². The molecule has 0 saturated heterocycles. The van der Waals surface area contributed by atoms with Crippen LogP contribution in [-0.2, 0) is 19.4 Å². The number of nitro benzene ring substituents is 1. The minimum absolute atomic E-state index is 0.0228. The number of nitro groups is 1. The van der Waals surface area contributed by atoms with Crippen LogP contribution in [0, 0.1) is 10.1 Å². The second-order valence-electron chi connectivity index (χ2n) is 9.06. The SMILES string of the molecule is COc1cccc(C=Nc2sc3c(c2C(=O)Nc2ccccc2)CCCC3)c1OCc1ccc([N+](=O)[O-])cc1. The number of non-ortho nitro benzene ring substituents is 1. The minimum Gasteiger partial charge on any atom is -0.493 e. The first-order chi connectivity index (χ1) is 19.0. The Morgan fingerprint density at radius 1 is 1.05 bits per heavy atom. The standard InChI is InChI=1S/C30H27N3O5S/c1-37-25-12-7-8-21(28(25)38-19-20-14-16-23(17-15-20)33(35)36)18-31-30-27(24-11-5-6-13-26(24)39-30)29(34)32-22-9-3-2-4-10-22/h2-4,7-10,12,14-18H,5-6,11,13,19H2,1H3,(H,32,34). The first kappa shape index (κ1) is 26.1. The van der Waals surface area contributed by atoms with E-state index in [1.54, 1.807) is 42.9 Å². The lowest BCUT2D eigenvalue weighted by Gasteiger charge is -2.13. The van der Waals surface area contributed by atoms with Crippen LogP contribution in [-0.4, -0.2) is 24.2 Å². The van der Waals surface area contributed by atoms with Gasteiger partial charge in [-0.2, -0.15) is 0 Å². The van der Waals surface area contributed by atoms with Crippen LogP contribution in [0.4, 0.5) is 16.4 Å². The summed E-state index contributed by atoms with van der Waals surface area (Å²) >= 11 is 1.56. The van der Waals surface area contributed by atoms with Crippen molar-refractivity contribution in [1.82, 2.24) is 0 Å². The Balaban J connectivity index is 1.43. The van der Waals surface area contributed by atoms with Gasteiger partial charge >= 0.3 is 0 Å². The predicted octanol–water partition coefficient (Wildman–Crippen LogP) is 7.13. The van der Waals surface area contributed by atoms with Gasteiger partial charge in [0.15, 0.2) is 11.5 Å². The number of rotatable bonds is 9. The molecule has 39 heavy (non-hydrogen) atoms. The van der Waals surface area contributed by atoms with E-state index in [4.69, 9.17) is 14.5 Å². The van der Waals surface area contributed by atoms with E-state index < -0.39 is 4.92 Å². The molecule has 0 unspecified atom stereocenters. The molecule has 1 aliphatic rings. The molecule has 8 nitrogen and oxygen atoms in total. The zero-order valence-corrected chi connectivity index (χ0v) is 22.2. The summed E-state index contributed by atoms with van der Waals surface area (Å²) in [5.74, 6) is 0.875. The van der Waals surface area contributed by atoms with E-state index in [9.17, 15) is 14.9 Å². The average molecular weight is 542 g/mol. The molecule has 1 amide bonds. The third-order valence-electron chi connectivity index (χ3n) is 6.49. The van der Waals surface area contributed by atoms with Crippen LogP contribution in [0.15, 0.2) is 77.8 Å². The molecule has 1 aliphatic carbocycles. The van der Waals surface area contributed by atoms with Gasteiger partial charge in [-0.25, -0.2) is 4.99 Å². The topological polar surface area (TPSA) is 103 Å². The maximum Gasteiger partial charge on any atom is 0.269 e. The molecule has 1 aromatic heterocycles. The quantitative estimate of drug-likeness (QED) is 0.138. The number of benzene rings is 3. The molecule has 9 heteroatoms. The molecule has 0 spiro atoms. The van der Waals surface area contributed by atoms with Crippen molar-refractivity contribution < 1.29 is 19.2 Å². The van der Waals surface area contributed by atoms with E-state index in [-0.39, 0.29) is 18.2 Å². The molecular formula is C30H27N3O5S. The number of ether oxygens (including phenoxy) is 2. The lowest BCUT2D eigenvalue weighted by atomic mass is 9.95. The lowest BCUT2D eigenvalue weighted by Crippen LogP contribution is -2.14. The number of thiophene rings is 1. The highest BCUT2D eigenvalue weighted by atomic mass is 32.1. The van der Waals surface area contributed by atoms with Gasteiger partial charge in [0, 0.05) is 34.5 Å². The van der Waals surface area contributed by atoms with Gasteiger partial charge in [-0.05, 0) is 73.2 Å². The number of amides is 1. The van der Waals surface area contributed by atoms with Gasteiger partial charge in [0.05, 0.1) is 17.6 Å². The maximum absolute atomic E-state index is 13.4. The first-order valence-corrected chi connectivity index (χ1v) is 13.4. The minimum atomic E-state index is -0.434. The van der Waals surface area contributed by atoms with Crippen LogP contribution in [0.2, 0.25) is 0 Å². The molecular weight excluding hydrogens is 514 g/mol. The molecule has 0 saturated carbocycles. The van der Waals surface area contributed by atoms with Crippen LogP contribution < -0.4 is 14.8 Å². The third-order valence-corrected chi connectivity index (χ3v) is 7.69. The number of carbonyl (C=O) groups excluding carboxylic acids is 1. The molecule has 0 fully saturated rings. The smallest absolute Gasteiger partial charge is 0.269 e. The summed E-state index contributed by atoms with van der Waals surface area (Å²) < 4.78 is 11.6. The predicted molar refractivity (Wildman–Crippen MR) is 153 cm³/mol. The molecule has 0 aliphatic heterocycles. The number of nitrogens with one attached hydrogen (secondary N) is 1. The Kier molecular flexibility index (Phi) is 7.98. The monoisotopic (exact) mass is 541 g/mol. The van der Waals surface area contributed by atoms with E-state index in [1.165, 1.54) is 17.0 Å². The van der Waals surface area contributed by atoms with Crippen molar-refractivity contribution in [3.8, 4) is 11.5 Å². The fourth-order valence-corrected chi connectivity index (χ4v) is 5.77. The fourth-order valence-electron chi connectivity index (χ4n) is 4.54. The zero-order valence-electron chi connectivity index (χ0n) is 21.4. The van der Waals surface area contributed by atoms with Gasteiger partial charge in [0.25, 0.3) is 11.6 Å². The number of carbonyl (C=O) groups is 1. The van der Waals surface area contributed by atoms with E-state index in [1.807, 2.05) is 42.5 Å². The number of aryl methyl sites for hydroxylation is 1. The van der Waals surface area contributed by atoms with Crippen molar-refractivity contribution >= 4 is 39.8 Å². The van der Waals surface area contributed by atoms with Gasteiger partial charge < -0.3 is 14.8 Å². The summed E-state index contributed by atoms with van der Waals surface area (Å²) in [4.78, 5) is 29.9. The molecule has 198 valence electrons. The summed E-state index contributed by atoms with van der Waals surface area (Å²) in [7, 11) is 1.56. The Morgan fingerprint density at radius 3 is 2.56 bits per heavy atom. The summed E-state index contributed by atoms with van der Waals surface area (Å²) in [6.07, 6.45) is 5.66. The molecule has 5 rings (SSSR count). The largest absolute Gasteiger partial charge is 0.493 e. The van der Waals surface area contributed by atoms with E-state index in [2.05, 4.69) is 5.32 Å². The lowest BCUT2D eigenvalue weighted by molar-refractivity contribution is -0.384. The molecule has 3 aromatic carbocycles. The van der Waals surface area contributed by atoms with Crippen molar-refractivity contribution in [2.75, 3.05) is 12.4 Å². The third kappa shape index (κ3) is 5.99. The molecule has 1 N–H and O–H groups in total. The normalized spacial score (nSPS) is 12.6. The van der Waals surface area contributed by atoms with E-state index in [0.29, 0.717) is 27.6 Å². The van der Waals surface area contributed by atoms with E-state index in [0.717, 1.165) is 42.5 Å². The number of anilines is 1. The number of hydrogen-bond acceptors (Lipinski definition) is 7. The van der Waals surface area contributed by atoms with Crippen molar-refractivity contribution in [3.63, 3.8) is 0 Å². The van der Waals surface area contributed by atoms with E-state index >= 15 is 0 Å². The fraction of sp³-hybridized carbons (Fsp3) is 0.200. The average Bonchev–Trinajstić information content (AvgIpc) is 3.34. The van der Waals surface area contributed by atoms with Gasteiger partial charge in [-0.15, -0.1) is 11.3 Å². The number of para-hydroxylation sites is 2. The zero-order chi connectivity index (χ0) is 27.2. The van der Waals surface area contributed by atoms with Gasteiger partial charge in [0.2, 0.25) is 0 Å². The number of methoxy groups -OCH3 is 1. The molecule has 0 atom stereocenters. The molecule has 0 bridgehead atoms. The maximum atomic E-state index is 13.4. The van der Waals surface area contributed by atoms with Gasteiger partial charge in [-0.1, -0.05) is 24.3 Å². The van der Waals surface area contributed by atoms with Crippen LogP contribution in [0.25, 0.3) is 0 Å². The molecule has 0 radical (unpaired) electrons. The Morgan fingerprint density at radius 2 is 1.82 bits per heavy atom. The Hall–Kier alpha value is -4.50. The number of hydrogen-bond donors (Lipinski definition) is 1. The highest BCUT2D eigenvalue weighted by molar-refractivity contribution is 7.16. The highest BCUT2D eigenvalue weighted by Crippen LogP contribution is 2.41. The number of nitrogens with zero attached hydrogens (tertiary/aromatic N) is 2.